The van der Waals surface area contributed by atoms with Crippen molar-refractivity contribution in [2.45, 2.75) is 32.9 Å². The maximum atomic E-state index is 13.5. The molecule has 1 atom stereocenters. The number of hydrogen-bond acceptors (Lipinski definition) is 5. The van der Waals surface area contributed by atoms with Crippen LogP contribution >= 0.6 is 0 Å². The molecule has 1 N–H and O–H groups in total. The highest BCUT2D eigenvalue weighted by Crippen LogP contribution is 2.18. The van der Waals surface area contributed by atoms with E-state index in [1.165, 1.54) is 35.3 Å². The van der Waals surface area contributed by atoms with Crippen LogP contribution in [0.15, 0.2) is 47.5 Å². The van der Waals surface area contributed by atoms with Crippen molar-refractivity contribution in [1.82, 2.24) is 25.1 Å². The van der Waals surface area contributed by atoms with E-state index in [0.717, 1.165) is 12.1 Å². The minimum Gasteiger partial charge on any atom is -0.346 e. The molecule has 1 aromatic carbocycles. The van der Waals surface area contributed by atoms with Crippen molar-refractivity contribution >= 4 is 5.91 Å². The van der Waals surface area contributed by atoms with E-state index in [1.54, 1.807) is 6.92 Å². The zero-order chi connectivity index (χ0) is 21.0. The quantitative estimate of drug-likeness (QED) is 0.688. The number of amides is 1. The molecule has 2 heterocycles. The summed E-state index contributed by atoms with van der Waals surface area (Å²) in [6, 6.07) is 5.73. The molecule has 3 rings (SSSR count). The molecule has 0 unspecified atom stereocenters. The van der Waals surface area contributed by atoms with Gasteiger partial charge in [-0.1, -0.05) is 6.92 Å². The van der Waals surface area contributed by atoms with Crippen LogP contribution in [0.4, 0.5) is 8.78 Å². The summed E-state index contributed by atoms with van der Waals surface area (Å²) in [6.07, 6.45) is 3.41. The molecule has 9 heteroatoms. The molecule has 0 saturated carbocycles. The molecule has 0 radical (unpaired) electrons. The van der Waals surface area contributed by atoms with Gasteiger partial charge in [-0.15, -0.1) is 0 Å². The van der Waals surface area contributed by atoms with Crippen LogP contribution in [0, 0.1) is 18.6 Å². The lowest BCUT2D eigenvalue weighted by molar-refractivity contribution is 0.0925. The Morgan fingerprint density at radius 2 is 1.93 bits per heavy atom. The van der Waals surface area contributed by atoms with Gasteiger partial charge in [0.1, 0.15) is 5.69 Å². The monoisotopic (exact) mass is 399 g/mol. The Bertz CT molecular complexity index is 1080. The molecule has 3 aromatic rings. The summed E-state index contributed by atoms with van der Waals surface area (Å²) < 4.78 is 27.9. The molecule has 2 aromatic heterocycles. The molecule has 0 fully saturated rings. The van der Waals surface area contributed by atoms with Crippen molar-refractivity contribution in [3.05, 3.63) is 76.1 Å². The lowest BCUT2D eigenvalue weighted by atomic mass is 10.1. The van der Waals surface area contributed by atoms with Gasteiger partial charge in [-0.05, 0) is 37.6 Å². The van der Waals surface area contributed by atoms with E-state index < -0.39 is 23.6 Å². The fraction of sp³-hybridized carbons (Fsp3) is 0.250. The Morgan fingerprint density at radius 3 is 2.59 bits per heavy atom. The average molecular weight is 399 g/mol. The minimum atomic E-state index is -1.00. The van der Waals surface area contributed by atoms with Crippen LogP contribution in [0.25, 0.3) is 11.3 Å². The SMILES string of the molecule is CC[C@H](Cn1nc(-c2ccc(F)c(F)c2)ccc1=O)NC(=O)c1cnc(C)cn1. The first-order valence-corrected chi connectivity index (χ1v) is 9.00. The second kappa shape index (κ2) is 8.68. The van der Waals surface area contributed by atoms with Crippen LogP contribution in [0.5, 0.6) is 0 Å². The van der Waals surface area contributed by atoms with Crippen LogP contribution in [0.3, 0.4) is 0 Å². The average Bonchev–Trinajstić information content (AvgIpc) is 2.71. The maximum absolute atomic E-state index is 13.5. The first kappa shape index (κ1) is 20.2. The summed E-state index contributed by atoms with van der Waals surface area (Å²) in [5.41, 5.74) is 1.14. The number of carbonyl (C=O) groups excluding carboxylic acids is 1. The van der Waals surface area contributed by atoms with Crippen molar-refractivity contribution in [1.29, 1.82) is 0 Å². The number of nitrogens with one attached hydrogen (secondary N) is 1. The number of rotatable bonds is 6. The third kappa shape index (κ3) is 4.87. The third-order valence-electron chi connectivity index (χ3n) is 4.32. The Balaban J connectivity index is 1.80. The van der Waals surface area contributed by atoms with Crippen LogP contribution in [0.2, 0.25) is 0 Å². The Hall–Kier alpha value is -3.49. The number of aromatic nitrogens is 4. The number of nitrogens with zero attached hydrogens (tertiary/aromatic N) is 4. The topological polar surface area (TPSA) is 89.8 Å². The summed E-state index contributed by atoms with van der Waals surface area (Å²) in [5, 5.41) is 7.03. The first-order chi connectivity index (χ1) is 13.9. The molecule has 0 spiro atoms. The highest BCUT2D eigenvalue weighted by Gasteiger charge is 2.16. The van der Waals surface area contributed by atoms with Crippen LogP contribution in [0.1, 0.15) is 29.5 Å². The fourth-order valence-corrected chi connectivity index (χ4v) is 2.64. The number of halogens is 2. The highest BCUT2D eigenvalue weighted by atomic mass is 19.2. The molecule has 150 valence electrons. The molecule has 1 amide bonds. The zero-order valence-corrected chi connectivity index (χ0v) is 15.9. The molecule has 29 heavy (non-hydrogen) atoms. The molecule has 0 aliphatic rings. The Morgan fingerprint density at radius 1 is 1.14 bits per heavy atom. The largest absolute Gasteiger partial charge is 0.346 e. The van der Waals surface area contributed by atoms with E-state index in [9.17, 15) is 18.4 Å². The van der Waals surface area contributed by atoms with Gasteiger partial charge in [0.05, 0.1) is 24.1 Å². The third-order valence-corrected chi connectivity index (χ3v) is 4.32. The maximum Gasteiger partial charge on any atom is 0.271 e. The molecular weight excluding hydrogens is 380 g/mol. The molecule has 0 aliphatic carbocycles. The zero-order valence-electron chi connectivity index (χ0n) is 15.9. The Kier molecular flexibility index (Phi) is 6.06. The van der Waals surface area contributed by atoms with Gasteiger partial charge < -0.3 is 5.32 Å². The van der Waals surface area contributed by atoms with Gasteiger partial charge in [0.2, 0.25) is 0 Å². The predicted octanol–water partition coefficient (Wildman–Crippen LogP) is 2.50. The molecular formula is C20H19F2N5O2. The molecule has 7 nitrogen and oxygen atoms in total. The number of carbonyl (C=O) groups is 1. The fourth-order valence-electron chi connectivity index (χ4n) is 2.64. The van der Waals surface area contributed by atoms with E-state index >= 15 is 0 Å². The number of benzene rings is 1. The molecule has 0 bridgehead atoms. The standard InChI is InChI=1S/C20H19F2N5O2/c1-3-14(25-20(29)18-10-23-12(2)9-24-18)11-27-19(28)7-6-17(26-27)13-4-5-15(21)16(22)8-13/h4-10,14H,3,11H2,1-2H3,(H,25,29)/t14-/m1/s1. The van der Waals surface area contributed by atoms with Crippen molar-refractivity contribution in [2.75, 3.05) is 0 Å². The number of hydrogen-bond donors (Lipinski definition) is 1. The summed E-state index contributed by atoms with van der Waals surface area (Å²) in [7, 11) is 0. The lowest BCUT2D eigenvalue weighted by Crippen LogP contribution is -2.40. The van der Waals surface area contributed by atoms with Gasteiger partial charge in [-0.3, -0.25) is 14.6 Å². The second-order valence-electron chi connectivity index (χ2n) is 6.49. The van der Waals surface area contributed by atoms with Gasteiger partial charge in [0.15, 0.2) is 11.6 Å². The van der Waals surface area contributed by atoms with E-state index in [4.69, 9.17) is 0 Å². The predicted molar refractivity (Wildman–Crippen MR) is 102 cm³/mol. The summed E-state index contributed by atoms with van der Waals surface area (Å²) >= 11 is 0. The molecule has 0 aliphatic heterocycles. The smallest absolute Gasteiger partial charge is 0.271 e. The number of aryl methyl sites for hydroxylation is 1. The summed E-state index contributed by atoms with van der Waals surface area (Å²) in [6.45, 7) is 3.73. The second-order valence-corrected chi connectivity index (χ2v) is 6.49. The van der Waals surface area contributed by atoms with Crippen LogP contribution < -0.4 is 10.9 Å². The van der Waals surface area contributed by atoms with Gasteiger partial charge in [-0.2, -0.15) is 5.10 Å². The normalized spacial score (nSPS) is 11.9. The molecule has 0 saturated heterocycles. The summed E-state index contributed by atoms with van der Waals surface area (Å²) in [4.78, 5) is 32.6. The van der Waals surface area contributed by atoms with Crippen molar-refractivity contribution < 1.29 is 13.6 Å². The summed E-state index contributed by atoms with van der Waals surface area (Å²) in [5.74, 6) is -2.37. The van der Waals surface area contributed by atoms with Gasteiger partial charge in [-0.25, -0.2) is 18.4 Å². The lowest BCUT2D eigenvalue weighted by Gasteiger charge is -2.18. The van der Waals surface area contributed by atoms with Crippen LogP contribution in [-0.2, 0) is 6.54 Å². The first-order valence-electron chi connectivity index (χ1n) is 9.00. The van der Waals surface area contributed by atoms with Gasteiger partial charge in [0.25, 0.3) is 11.5 Å². The minimum absolute atomic E-state index is 0.109. The van der Waals surface area contributed by atoms with Crippen molar-refractivity contribution in [3.8, 4) is 11.3 Å². The highest BCUT2D eigenvalue weighted by molar-refractivity contribution is 5.92. The van der Waals surface area contributed by atoms with Crippen molar-refractivity contribution in [3.63, 3.8) is 0 Å². The van der Waals surface area contributed by atoms with Crippen LogP contribution in [-0.4, -0.2) is 31.7 Å². The van der Waals surface area contributed by atoms with Gasteiger partial charge in [0, 0.05) is 23.9 Å². The van der Waals surface area contributed by atoms with Crippen molar-refractivity contribution in [2.24, 2.45) is 0 Å². The van der Waals surface area contributed by atoms with Gasteiger partial charge >= 0.3 is 0 Å². The van der Waals surface area contributed by atoms with E-state index in [0.29, 0.717) is 23.4 Å². The Labute approximate surface area is 165 Å². The van der Waals surface area contributed by atoms with E-state index in [2.05, 4.69) is 20.4 Å². The van der Waals surface area contributed by atoms with E-state index in [1.807, 2.05) is 6.92 Å². The van der Waals surface area contributed by atoms with E-state index in [-0.39, 0.29) is 17.8 Å².